The lowest BCUT2D eigenvalue weighted by Crippen LogP contribution is -2.36. The van der Waals surface area contributed by atoms with E-state index in [1.807, 2.05) is 18.3 Å². The van der Waals surface area contributed by atoms with Crippen LogP contribution in [0.25, 0.3) is 11.3 Å². The molecule has 13 heteroatoms. The fourth-order valence-corrected chi connectivity index (χ4v) is 3.75. The molecule has 2 atom stereocenters. The highest BCUT2D eigenvalue weighted by molar-refractivity contribution is 5.90. The molecule has 1 aliphatic heterocycles. The van der Waals surface area contributed by atoms with Crippen LogP contribution >= 0.6 is 0 Å². The van der Waals surface area contributed by atoms with Crippen LogP contribution in [-0.2, 0) is 11.3 Å². The van der Waals surface area contributed by atoms with Crippen molar-refractivity contribution in [3.8, 4) is 11.3 Å². The van der Waals surface area contributed by atoms with Crippen LogP contribution in [0.5, 0.6) is 0 Å². The van der Waals surface area contributed by atoms with Gasteiger partial charge in [0.15, 0.2) is 5.76 Å². The first-order chi connectivity index (χ1) is 16.7. The SMILES string of the molecule is O=C(N[C@H]1CN[C@H](Cn2ccnn2)C1)c1ncc(-c2cccc(C3CC3)c2)o1.O=C(O)C(F)(F)F. The number of hydrogen-bond acceptors (Lipinski definition) is 7. The lowest BCUT2D eigenvalue weighted by molar-refractivity contribution is -0.192. The Bertz CT molecular complexity index is 1160. The average Bonchev–Trinajstić information content (AvgIpc) is 3.17. The van der Waals surface area contributed by atoms with E-state index in [0.717, 1.165) is 18.5 Å². The van der Waals surface area contributed by atoms with Gasteiger partial charge in [0.2, 0.25) is 0 Å². The standard InChI is InChI=1S/C20H22N6O2.C2HF3O2/c27-19(24-16-9-17(21-10-16)12-26-7-6-23-25-26)20-22-11-18(28-20)15-3-1-2-14(8-15)13-4-5-13;3-2(4,5)1(6)7/h1-3,6-8,11,13,16-17,21H,4-5,9-10,12H2,(H,24,27);(H,6,7)/t16-,17+;/m1./s1. The summed E-state index contributed by atoms with van der Waals surface area (Å²) < 4.78 is 39.3. The third kappa shape index (κ3) is 6.66. The van der Waals surface area contributed by atoms with Crippen molar-refractivity contribution < 1.29 is 32.3 Å². The lowest BCUT2D eigenvalue weighted by Gasteiger charge is -2.11. The maximum absolute atomic E-state index is 12.5. The number of rotatable bonds is 6. The summed E-state index contributed by atoms with van der Waals surface area (Å²) in [5.41, 5.74) is 2.29. The van der Waals surface area contributed by atoms with Gasteiger partial charge in [0.25, 0.3) is 5.89 Å². The van der Waals surface area contributed by atoms with Gasteiger partial charge in [-0.1, -0.05) is 23.4 Å². The van der Waals surface area contributed by atoms with Crippen LogP contribution in [0.1, 0.15) is 41.4 Å². The number of oxazole rings is 1. The van der Waals surface area contributed by atoms with E-state index in [-0.39, 0.29) is 23.9 Å². The molecule has 35 heavy (non-hydrogen) atoms. The summed E-state index contributed by atoms with van der Waals surface area (Å²) in [6, 6.07) is 8.59. The van der Waals surface area contributed by atoms with Crippen molar-refractivity contribution >= 4 is 11.9 Å². The number of aromatic nitrogens is 4. The largest absolute Gasteiger partial charge is 0.490 e. The first-order valence-corrected chi connectivity index (χ1v) is 10.9. The van der Waals surface area contributed by atoms with Crippen molar-refractivity contribution in [3.05, 3.63) is 54.3 Å². The zero-order chi connectivity index (χ0) is 25.0. The number of aliphatic carboxylic acids is 1. The number of carbonyl (C=O) groups is 2. The molecule has 2 fully saturated rings. The number of carbonyl (C=O) groups excluding carboxylic acids is 1. The lowest BCUT2D eigenvalue weighted by atomic mass is 10.1. The van der Waals surface area contributed by atoms with E-state index in [9.17, 15) is 18.0 Å². The second-order valence-electron chi connectivity index (χ2n) is 8.37. The van der Waals surface area contributed by atoms with E-state index >= 15 is 0 Å². The van der Waals surface area contributed by atoms with Gasteiger partial charge in [-0.3, -0.25) is 9.48 Å². The Kier molecular flexibility index (Phi) is 7.15. The van der Waals surface area contributed by atoms with Crippen LogP contribution in [0, 0.1) is 0 Å². The molecule has 2 aliphatic rings. The first-order valence-electron chi connectivity index (χ1n) is 10.9. The van der Waals surface area contributed by atoms with Crippen LogP contribution < -0.4 is 10.6 Å². The minimum absolute atomic E-state index is 0.0366. The molecule has 1 saturated carbocycles. The van der Waals surface area contributed by atoms with Gasteiger partial charge in [-0.15, -0.1) is 5.10 Å². The molecule has 10 nitrogen and oxygen atoms in total. The smallest absolute Gasteiger partial charge is 0.475 e. The molecule has 2 aromatic heterocycles. The highest BCUT2D eigenvalue weighted by Gasteiger charge is 2.38. The molecular weight excluding hydrogens is 469 g/mol. The number of alkyl halides is 3. The fourth-order valence-electron chi connectivity index (χ4n) is 3.75. The Hall–Kier alpha value is -3.74. The van der Waals surface area contributed by atoms with Gasteiger partial charge in [-0.25, -0.2) is 9.78 Å². The number of hydrogen-bond donors (Lipinski definition) is 3. The molecule has 3 N–H and O–H groups in total. The normalized spacial score (nSPS) is 19.6. The van der Waals surface area contributed by atoms with Crippen LogP contribution in [-0.4, -0.2) is 61.8 Å². The van der Waals surface area contributed by atoms with Crippen LogP contribution in [0.3, 0.4) is 0 Å². The molecule has 0 radical (unpaired) electrons. The number of nitrogens with zero attached hydrogens (tertiary/aromatic N) is 4. The van der Waals surface area contributed by atoms with Gasteiger partial charge < -0.3 is 20.2 Å². The Morgan fingerprint density at radius 3 is 2.71 bits per heavy atom. The van der Waals surface area contributed by atoms with Gasteiger partial charge in [0, 0.05) is 30.4 Å². The number of nitrogens with one attached hydrogen (secondary N) is 2. The van der Waals surface area contributed by atoms with E-state index in [1.54, 1.807) is 17.1 Å². The summed E-state index contributed by atoms with van der Waals surface area (Å²) >= 11 is 0. The molecular formula is C22H23F3N6O4. The van der Waals surface area contributed by atoms with Gasteiger partial charge in [0.1, 0.15) is 0 Å². The summed E-state index contributed by atoms with van der Waals surface area (Å²) in [6.07, 6.45) is 3.36. The quantitative estimate of drug-likeness (QED) is 0.478. The van der Waals surface area contributed by atoms with Crippen LogP contribution in [0.15, 0.2) is 47.3 Å². The van der Waals surface area contributed by atoms with Crippen molar-refractivity contribution in [2.45, 2.75) is 50.0 Å². The number of amides is 1. The van der Waals surface area contributed by atoms with E-state index in [0.29, 0.717) is 18.2 Å². The highest BCUT2D eigenvalue weighted by Crippen LogP contribution is 2.41. The van der Waals surface area contributed by atoms with Crippen molar-refractivity contribution in [3.63, 3.8) is 0 Å². The minimum atomic E-state index is -5.08. The summed E-state index contributed by atoms with van der Waals surface area (Å²) in [7, 11) is 0. The molecule has 1 saturated heterocycles. The number of halogens is 3. The van der Waals surface area contributed by atoms with Gasteiger partial charge in [0.05, 0.1) is 18.9 Å². The monoisotopic (exact) mass is 492 g/mol. The zero-order valence-electron chi connectivity index (χ0n) is 18.4. The molecule has 186 valence electrons. The van der Waals surface area contributed by atoms with Crippen molar-refractivity contribution in [2.75, 3.05) is 6.54 Å². The Labute approximate surface area is 197 Å². The number of carboxylic acids is 1. The fraction of sp³-hybridized carbons (Fsp3) is 0.409. The summed E-state index contributed by atoms with van der Waals surface area (Å²) in [5, 5.41) is 21.3. The van der Waals surface area contributed by atoms with Crippen LogP contribution in [0.4, 0.5) is 13.2 Å². The molecule has 1 amide bonds. The van der Waals surface area contributed by atoms with Crippen molar-refractivity contribution in [2.24, 2.45) is 0 Å². The van der Waals surface area contributed by atoms with E-state index in [4.69, 9.17) is 14.3 Å². The van der Waals surface area contributed by atoms with Crippen LogP contribution in [0.2, 0.25) is 0 Å². The molecule has 0 bridgehead atoms. The third-order valence-electron chi connectivity index (χ3n) is 5.60. The molecule has 1 aromatic carbocycles. The summed E-state index contributed by atoms with van der Waals surface area (Å²) in [5.74, 6) is -1.64. The van der Waals surface area contributed by atoms with E-state index in [1.165, 1.54) is 18.4 Å². The van der Waals surface area contributed by atoms with E-state index < -0.39 is 12.1 Å². The molecule has 5 rings (SSSR count). The van der Waals surface area contributed by atoms with Gasteiger partial charge in [-0.2, -0.15) is 13.2 Å². The average molecular weight is 492 g/mol. The van der Waals surface area contributed by atoms with Gasteiger partial charge in [-0.05, 0) is 36.8 Å². The molecule has 0 spiro atoms. The molecule has 3 aromatic rings. The Morgan fingerprint density at radius 2 is 2.06 bits per heavy atom. The Balaban J connectivity index is 0.000000364. The molecule has 0 unspecified atom stereocenters. The predicted octanol–water partition coefficient (Wildman–Crippen LogP) is 2.60. The predicted molar refractivity (Wildman–Crippen MR) is 115 cm³/mol. The second-order valence-corrected chi connectivity index (χ2v) is 8.37. The maximum Gasteiger partial charge on any atom is 0.490 e. The van der Waals surface area contributed by atoms with Gasteiger partial charge >= 0.3 is 18.1 Å². The number of benzene rings is 1. The summed E-state index contributed by atoms with van der Waals surface area (Å²) in [4.78, 5) is 25.6. The first kappa shape index (κ1) is 24.4. The summed E-state index contributed by atoms with van der Waals surface area (Å²) in [6.45, 7) is 1.44. The van der Waals surface area contributed by atoms with Crippen molar-refractivity contribution in [1.82, 2.24) is 30.6 Å². The topological polar surface area (TPSA) is 135 Å². The minimum Gasteiger partial charge on any atom is -0.475 e. The zero-order valence-corrected chi connectivity index (χ0v) is 18.4. The molecule has 1 aliphatic carbocycles. The third-order valence-corrected chi connectivity index (χ3v) is 5.60. The second kappa shape index (κ2) is 10.3. The number of carboxylic acid groups (broad SMARTS) is 1. The molecule has 3 heterocycles. The van der Waals surface area contributed by atoms with E-state index in [2.05, 4.69) is 38.1 Å². The van der Waals surface area contributed by atoms with Crippen molar-refractivity contribution in [1.29, 1.82) is 0 Å². The highest BCUT2D eigenvalue weighted by atomic mass is 19.4. The Morgan fingerprint density at radius 1 is 1.29 bits per heavy atom. The maximum atomic E-state index is 12.5.